The molecular weight excluding hydrogens is 470 g/mol. The first-order valence-corrected chi connectivity index (χ1v) is 10.9. The van der Waals surface area contributed by atoms with Gasteiger partial charge in [-0.1, -0.05) is 0 Å². The minimum absolute atomic E-state index is 0.121. The second-order valence-corrected chi connectivity index (χ2v) is 8.02. The summed E-state index contributed by atoms with van der Waals surface area (Å²) < 4.78 is 0. The summed E-state index contributed by atoms with van der Waals surface area (Å²) in [6.45, 7) is 9.61. The van der Waals surface area contributed by atoms with E-state index in [9.17, 15) is 9.59 Å². The Morgan fingerprint density at radius 2 is 1.11 bits per heavy atom. The first kappa shape index (κ1) is 27.8. The van der Waals surface area contributed by atoms with Crippen molar-refractivity contribution in [3.63, 3.8) is 0 Å². The number of nitrogen functional groups attached to an aromatic ring is 2. The van der Waals surface area contributed by atoms with E-state index in [0.717, 1.165) is 33.6 Å². The highest BCUT2D eigenvalue weighted by Crippen LogP contribution is 2.30. The van der Waals surface area contributed by atoms with Gasteiger partial charge >= 0.3 is 5.69 Å². The summed E-state index contributed by atoms with van der Waals surface area (Å²) in [5.74, 6) is 0. The smallest absolute Gasteiger partial charge is 0.327 e. The number of nitrogens with one attached hydrogen (secondary N) is 2. The van der Waals surface area contributed by atoms with E-state index in [4.69, 9.17) is 27.3 Å². The molecule has 4 rings (SSSR count). The Balaban J connectivity index is 0.000000237. The summed E-state index contributed by atoms with van der Waals surface area (Å²) in [7, 11) is 0. The Bertz CT molecular complexity index is 1630. The maximum atomic E-state index is 11.3. The molecule has 0 spiro atoms. The summed E-state index contributed by atoms with van der Waals surface area (Å²) in [5, 5.41) is 24.7. The standard InChI is InChI=1S/C16H20N2.C8H2N6O2.C2H3N/c1-9-5-13(6-10(2)15(9)17)14-7-11(3)16(18)12(4)8-14;9-1-3-4(2-10)12-6-5(11-3)7(15)14-8(16)13-6;1-2-3/h5-8H,17-18H2,1-4H3;(H2,12,13,14,15,16);1H3. The van der Waals surface area contributed by atoms with Crippen LogP contribution in [0.25, 0.3) is 22.3 Å². The molecule has 11 nitrogen and oxygen atoms in total. The molecule has 0 unspecified atom stereocenters. The zero-order valence-corrected chi connectivity index (χ0v) is 21.0. The fourth-order valence-corrected chi connectivity index (χ4v) is 3.42. The fourth-order valence-electron chi connectivity index (χ4n) is 3.42. The summed E-state index contributed by atoms with van der Waals surface area (Å²) in [5.41, 5.74) is 18.3. The van der Waals surface area contributed by atoms with Gasteiger partial charge in [0.05, 0.1) is 6.07 Å². The van der Waals surface area contributed by atoms with E-state index in [1.165, 1.54) is 18.1 Å². The number of hydrogen-bond donors (Lipinski definition) is 4. The van der Waals surface area contributed by atoms with Crippen LogP contribution in [-0.2, 0) is 0 Å². The number of nitrogens with two attached hydrogens (primary N) is 2. The fraction of sp³-hybridized carbons (Fsp3) is 0.192. The lowest BCUT2D eigenvalue weighted by atomic mass is 9.95. The van der Waals surface area contributed by atoms with Crippen LogP contribution < -0.4 is 22.7 Å². The van der Waals surface area contributed by atoms with E-state index in [0.29, 0.717) is 0 Å². The number of rotatable bonds is 1. The average molecular weight is 496 g/mol. The molecule has 11 heteroatoms. The van der Waals surface area contributed by atoms with Crippen LogP contribution in [0, 0.1) is 61.7 Å². The molecule has 2 aromatic carbocycles. The zero-order chi connectivity index (χ0) is 27.9. The zero-order valence-electron chi connectivity index (χ0n) is 21.0. The van der Waals surface area contributed by atoms with E-state index < -0.39 is 11.2 Å². The van der Waals surface area contributed by atoms with Gasteiger partial charge in [-0.2, -0.15) is 15.8 Å². The van der Waals surface area contributed by atoms with Gasteiger partial charge in [0, 0.05) is 18.3 Å². The topological polar surface area (TPSA) is 215 Å². The maximum absolute atomic E-state index is 11.3. The number of aromatic amines is 2. The van der Waals surface area contributed by atoms with E-state index in [2.05, 4.69) is 39.2 Å². The number of H-pyrrole nitrogens is 2. The molecule has 0 bridgehead atoms. The van der Waals surface area contributed by atoms with Crippen LogP contribution in [0.2, 0.25) is 0 Å². The van der Waals surface area contributed by atoms with E-state index in [-0.39, 0.29) is 22.6 Å². The largest absolute Gasteiger partial charge is 0.398 e. The molecule has 186 valence electrons. The lowest BCUT2D eigenvalue weighted by molar-refractivity contribution is 1.03. The maximum Gasteiger partial charge on any atom is 0.327 e. The number of anilines is 2. The van der Waals surface area contributed by atoms with Gasteiger partial charge in [0.1, 0.15) is 12.1 Å². The van der Waals surface area contributed by atoms with Gasteiger partial charge in [-0.15, -0.1) is 0 Å². The predicted octanol–water partition coefficient (Wildman–Crippen LogP) is 3.03. The third-order valence-corrected chi connectivity index (χ3v) is 5.30. The highest BCUT2D eigenvalue weighted by atomic mass is 16.2. The van der Waals surface area contributed by atoms with E-state index >= 15 is 0 Å². The third-order valence-electron chi connectivity index (χ3n) is 5.30. The molecule has 0 saturated carbocycles. The molecule has 4 aromatic rings. The monoisotopic (exact) mass is 495 g/mol. The van der Waals surface area contributed by atoms with Crippen LogP contribution >= 0.6 is 0 Å². The van der Waals surface area contributed by atoms with Gasteiger partial charge in [0.15, 0.2) is 22.6 Å². The minimum atomic E-state index is -0.757. The average Bonchev–Trinajstić information content (AvgIpc) is 2.85. The van der Waals surface area contributed by atoms with Crippen LogP contribution in [0.3, 0.4) is 0 Å². The normalized spacial score (nSPS) is 9.57. The molecule has 37 heavy (non-hydrogen) atoms. The Hall–Kier alpha value is -5.47. The van der Waals surface area contributed by atoms with Crippen molar-refractivity contribution in [3.8, 4) is 29.3 Å². The van der Waals surface area contributed by atoms with Gasteiger partial charge in [-0.05, 0) is 85.3 Å². The van der Waals surface area contributed by atoms with Crippen LogP contribution in [0.5, 0.6) is 0 Å². The van der Waals surface area contributed by atoms with Gasteiger partial charge in [0.25, 0.3) is 5.56 Å². The van der Waals surface area contributed by atoms with Crippen molar-refractivity contribution in [2.75, 3.05) is 11.5 Å². The van der Waals surface area contributed by atoms with Crippen molar-refractivity contribution in [1.82, 2.24) is 19.9 Å². The van der Waals surface area contributed by atoms with E-state index in [1.807, 2.05) is 32.7 Å². The summed E-state index contributed by atoms with van der Waals surface area (Å²) in [6, 6.07) is 13.6. The Morgan fingerprint density at radius 1 is 0.730 bits per heavy atom. The number of benzene rings is 2. The second kappa shape index (κ2) is 11.8. The van der Waals surface area contributed by atoms with Crippen molar-refractivity contribution in [2.45, 2.75) is 34.6 Å². The number of aryl methyl sites for hydroxylation is 4. The summed E-state index contributed by atoms with van der Waals surface area (Å²) in [6.07, 6.45) is 0. The van der Waals surface area contributed by atoms with Crippen LogP contribution in [0.1, 0.15) is 40.6 Å². The van der Waals surface area contributed by atoms with Crippen molar-refractivity contribution >= 4 is 22.5 Å². The first-order valence-electron chi connectivity index (χ1n) is 10.9. The van der Waals surface area contributed by atoms with E-state index in [1.54, 1.807) is 18.2 Å². The van der Waals surface area contributed by atoms with Crippen LogP contribution in [0.4, 0.5) is 11.4 Å². The number of hydrogen-bond acceptors (Lipinski definition) is 9. The quantitative estimate of drug-likeness (QED) is 0.285. The molecule has 2 aromatic heterocycles. The Morgan fingerprint density at radius 3 is 1.49 bits per heavy atom. The molecule has 0 atom stereocenters. The van der Waals surface area contributed by atoms with Crippen LogP contribution in [-0.4, -0.2) is 19.9 Å². The first-order chi connectivity index (χ1) is 17.5. The minimum Gasteiger partial charge on any atom is -0.398 e. The van der Waals surface area contributed by atoms with Gasteiger partial charge < -0.3 is 11.5 Å². The van der Waals surface area contributed by atoms with Crippen LogP contribution in [0.15, 0.2) is 33.9 Å². The van der Waals surface area contributed by atoms with Gasteiger partial charge in [-0.3, -0.25) is 14.8 Å². The van der Waals surface area contributed by atoms with Gasteiger partial charge in [-0.25, -0.2) is 14.8 Å². The molecular formula is C26H25N9O2. The number of nitrogens with zero attached hydrogens (tertiary/aromatic N) is 5. The molecule has 2 heterocycles. The Kier molecular flexibility index (Phi) is 8.85. The Labute approximate surface area is 212 Å². The van der Waals surface area contributed by atoms with Crippen molar-refractivity contribution in [2.24, 2.45) is 0 Å². The lowest BCUT2D eigenvalue weighted by Crippen LogP contribution is -2.23. The predicted molar refractivity (Wildman–Crippen MR) is 141 cm³/mol. The number of fused-ring (bicyclic) bond motifs is 1. The summed E-state index contributed by atoms with van der Waals surface area (Å²) >= 11 is 0. The molecule has 0 aliphatic heterocycles. The lowest BCUT2D eigenvalue weighted by Gasteiger charge is -2.12. The molecule has 0 aliphatic carbocycles. The van der Waals surface area contributed by atoms with Gasteiger partial charge in [0.2, 0.25) is 0 Å². The molecule has 0 aliphatic rings. The van der Waals surface area contributed by atoms with Crippen molar-refractivity contribution < 1.29 is 0 Å². The highest BCUT2D eigenvalue weighted by molar-refractivity contribution is 5.74. The number of nitriles is 3. The second-order valence-electron chi connectivity index (χ2n) is 8.02. The molecule has 0 amide bonds. The van der Waals surface area contributed by atoms with Crippen molar-refractivity contribution in [3.05, 3.63) is 78.7 Å². The number of aromatic nitrogens is 4. The third kappa shape index (κ3) is 6.36. The molecule has 0 saturated heterocycles. The molecule has 6 N–H and O–H groups in total. The molecule has 0 fully saturated rings. The SMILES string of the molecule is CC#N.Cc1cc(-c2cc(C)c(N)c(C)c2)cc(C)c1N.N#Cc1nc2[nH]c(=O)[nH]c(=O)c2nc1C#N. The summed E-state index contributed by atoms with van der Waals surface area (Å²) in [4.78, 5) is 33.7. The molecule has 0 radical (unpaired) electrons. The van der Waals surface area contributed by atoms with Crippen molar-refractivity contribution in [1.29, 1.82) is 15.8 Å². The highest BCUT2D eigenvalue weighted by Gasteiger charge is 2.11.